The maximum Gasteiger partial charge on any atom is 0.234 e. The van der Waals surface area contributed by atoms with E-state index >= 15 is 0 Å². The molecule has 26 heavy (non-hydrogen) atoms. The second-order valence-electron chi connectivity index (χ2n) is 5.60. The number of amides is 1. The number of para-hydroxylation sites is 1. The lowest BCUT2D eigenvalue weighted by Crippen LogP contribution is -2.15. The maximum atomic E-state index is 12.3. The lowest BCUT2D eigenvalue weighted by molar-refractivity contribution is -0.113. The molecule has 2 aromatic heterocycles. The Kier molecular flexibility index (Phi) is 5.80. The SMILES string of the molecule is C=CCn1c(SCC(=O)Nc2ccccc2C)nnc1-c1cccnc1. The number of nitrogens with one attached hydrogen (secondary N) is 1. The molecule has 1 aromatic carbocycles. The van der Waals surface area contributed by atoms with Crippen molar-refractivity contribution in [2.75, 3.05) is 11.1 Å². The van der Waals surface area contributed by atoms with Gasteiger partial charge in [-0.2, -0.15) is 0 Å². The van der Waals surface area contributed by atoms with Gasteiger partial charge in [-0.15, -0.1) is 16.8 Å². The number of thioether (sulfide) groups is 1. The van der Waals surface area contributed by atoms with E-state index in [1.165, 1.54) is 11.8 Å². The molecular weight excluding hydrogens is 346 g/mol. The van der Waals surface area contributed by atoms with Gasteiger partial charge in [0.05, 0.1) is 5.75 Å². The van der Waals surface area contributed by atoms with Gasteiger partial charge in [-0.05, 0) is 30.7 Å². The summed E-state index contributed by atoms with van der Waals surface area (Å²) >= 11 is 1.34. The standard InChI is InChI=1S/C19H19N5OS/c1-3-11-24-18(15-8-6-10-20-12-15)22-23-19(24)26-13-17(25)21-16-9-5-4-7-14(16)2/h3-10,12H,1,11,13H2,2H3,(H,21,25). The third kappa shape index (κ3) is 4.18. The van der Waals surface area contributed by atoms with Crippen LogP contribution in [0.4, 0.5) is 5.69 Å². The van der Waals surface area contributed by atoms with E-state index in [0.717, 1.165) is 16.8 Å². The van der Waals surface area contributed by atoms with Crippen LogP contribution in [-0.2, 0) is 11.3 Å². The number of benzene rings is 1. The van der Waals surface area contributed by atoms with Gasteiger partial charge in [0.25, 0.3) is 0 Å². The molecule has 1 N–H and O–H groups in total. The lowest BCUT2D eigenvalue weighted by Gasteiger charge is -2.09. The van der Waals surface area contributed by atoms with Crippen molar-refractivity contribution in [2.24, 2.45) is 0 Å². The molecule has 0 aliphatic carbocycles. The van der Waals surface area contributed by atoms with Crippen molar-refractivity contribution in [3.63, 3.8) is 0 Å². The summed E-state index contributed by atoms with van der Waals surface area (Å²) in [6, 6.07) is 11.5. The van der Waals surface area contributed by atoms with Crippen LogP contribution in [-0.4, -0.2) is 31.4 Å². The molecule has 0 atom stereocenters. The summed E-state index contributed by atoms with van der Waals surface area (Å²) in [6.45, 7) is 6.31. The van der Waals surface area contributed by atoms with Gasteiger partial charge < -0.3 is 5.32 Å². The minimum absolute atomic E-state index is 0.0830. The third-order valence-corrected chi connectivity index (χ3v) is 4.67. The van der Waals surface area contributed by atoms with E-state index in [2.05, 4.69) is 27.1 Å². The minimum atomic E-state index is -0.0830. The van der Waals surface area contributed by atoms with Crippen molar-refractivity contribution in [2.45, 2.75) is 18.6 Å². The van der Waals surface area contributed by atoms with Crippen LogP contribution in [0.3, 0.4) is 0 Å². The zero-order valence-electron chi connectivity index (χ0n) is 14.4. The Hall–Kier alpha value is -2.93. The second-order valence-corrected chi connectivity index (χ2v) is 6.54. The van der Waals surface area contributed by atoms with Crippen LogP contribution in [0.5, 0.6) is 0 Å². The monoisotopic (exact) mass is 365 g/mol. The molecule has 1 amide bonds. The molecular formula is C19H19N5OS. The van der Waals surface area contributed by atoms with E-state index in [0.29, 0.717) is 17.5 Å². The summed E-state index contributed by atoms with van der Waals surface area (Å²) in [5, 5.41) is 12.1. The van der Waals surface area contributed by atoms with Gasteiger partial charge in [0, 0.05) is 30.2 Å². The molecule has 0 spiro atoms. The predicted octanol–water partition coefficient (Wildman–Crippen LogP) is 3.57. The largest absolute Gasteiger partial charge is 0.325 e. The summed E-state index contributed by atoms with van der Waals surface area (Å²) in [7, 11) is 0. The Morgan fingerprint density at radius 1 is 1.27 bits per heavy atom. The highest BCUT2D eigenvalue weighted by Crippen LogP contribution is 2.24. The smallest absolute Gasteiger partial charge is 0.234 e. The van der Waals surface area contributed by atoms with Crippen molar-refractivity contribution in [3.05, 3.63) is 67.0 Å². The van der Waals surface area contributed by atoms with Crippen molar-refractivity contribution in [3.8, 4) is 11.4 Å². The number of carbonyl (C=O) groups is 1. The average molecular weight is 365 g/mol. The zero-order chi connectivity index (χ0) is 18.4. The number of allylic oxidation sites excluding steroid dienone is 1. The molecule has 6 nitrogen and oxygen atoms in total. The third-order valence-electron chi connectivity index (χ3n) is 3.70. The molecule has 2 heterocycles. The number of hydrogen-bond acceptors (Lipinski definition) is 5. The van der Waals surface area contributed by atoms with Crippen LogP contribution >= 0.6 is 11.8 Å². The van der Waals surface area contributed by atoms with Gasteiger partial charge in [0.15, 0.2) is 11.0 Å². The highest BCUT2D eigenvalue weighted by molar-refractivity contribution is 7.99. The first-order chi connectivity index (χ1) is 12.7. The number of aromatic nitrogens is 4. The molecule has 0 aliphatic rings. The van der Waals surface area contributed by atoms with Crippen LogP contribution in [0.25, 0.3) is 11.4 Å². The van der Waals surface area contributed by atoms with Gasteiger partial charge in [-0.25, -0.2) is 0 Å². The van der Waals surface area contributed by atoms with Crippen molar-refractivity contribution in [1.29, 1.82) is 0 Å². The number of rotatable bonds is 7. The first-order valence-corrected chi connectivity index (χ1v) is 9.10. The molecule has 132 valence electrons. The summed E-state index contributed by atoms with van der Waals surface area (Å²) in [5.74, 6) is 0.872. The topological polar surface area (TPSA) is 72.7 Å². The molecule has 0 aliphatic heterocycles. The number of anilines is 1. The Bertz CT molecular complexity index is 907. The second kappa shape index (κ2) is 8.44. The molecule has 7 heteroatoms. The van der Waals surface area contributed by atoms with Gasteiger partial charge in [-0.3, -0.25) is 14.3 Å². The molecule has 0 saturated carbocycles. The number of carbonyl (C=O) groups excluding carboxylic acids is 1. The van der Waals surface area contributed by atoms with Crippen molar-refractivity contribution < 1.29 is 4.79 Å². The molecule has 0 unspecified atom stereocenters. The Balaban J connectivity index is 1.72. The van der Waals surface area contributed by atoms with Gasteiger partial charge >= 0.3 is 0 Å². The molecule has 0 fully saturated rings. The van der Waals surface area contributed by atoms with Gasteiger partial charge in [-0.1, -0.05) is 36.0 Å². The average Bonchev–Trinajstić information content (AvgIpc) is 3.06. The fourth-order valence-electron chi connectivity index (χ4n) is 2.43. The normalized spacial score (nSPS) is 10.5. The summed E-state index contributed by atoms with van der Waals surface area (Å²) in [5.41, 5.74) is 2.72. The van der Waals surface area contributed by atoms with E-state index in [4.69, 9.17) is 0 Å². The van der Waals surface area contributed by atoms with E-state index in [9.17, 15) is 4.79 Å². The first kappa shape index (κ1) is 17.9. The van der Waals surface area contributed by atoms with E-state index in [-0.39, 0.29) is 11.7 Å². The number of aryl methyl sites for hydroxylation is 1. The molecule has 3 rings (SSSR count). The van der Waals surface area contributed by atoms with Crippen LogP contribution < -0.4 is 5.32 Å². The Labute approximate surface area is 156 Å². The molecule has 0 radical (unpaired) electrons. The zero-order valence-corrected chi connectivity index (χ0v) is 15.2. The summed E-state index contributed by atoms with van der Waals surface area (Å²) in [4.78, 5) is 16.4. The van der Waals surface area contributed by atoms with Crippen LogP contribution in [0.1, 0.15) is 5.56 Å². The first-order valence-electron chi connectivity index (χ1n) is 8.12. The van der Waals surface area contributed by atoms with Crippen LogP contribution in [0.2, 0.25) is 0 Å². The van der Waals surface area contributed by atoms with E-state index in [1.807, 2.05) is 47.9 Å². The van der Waals surface area contributed by atoms with Gasteiger partial charge in [0.2, 0.25) is 5.91 Å². The van der Waals surface area contributed by atoms with E-state index < -0.39 is 0 Å². The van der Waals surface area contributed by atoms with Crippen LogP contribution in [0, 0.1) is 6.92 Å². The maximum absolute atomic E-state index is 12.3. The van der Waals surface area contributed by atoms with Crippen molar-refractivity contribution >= 4 is 23.4 Å². The predicted molar refractivity (Wildman–Crippen MR) is 104 cm³/mol. The Morgan fingerprint density at radius 2 is 2.12 bits per heavy atom. The Morgan fingerprint density at radius 3 is 2.85 bits per heavy atom. The fourth-order valence-corrected chi connectivity index (χ4v) is 3.18. The van der Waals surface area contributed by atoms with Crippen LogP contribution in [0.15, 0.2) is 66.6 Å². The van der Waals surface area contributed by atoms with Crippen molar-refractivity contribution in [1.82, 2.24) is 19.7 Å². The fraction of sp³-hybridized carbons (Fsp3) is 0.158. The molecule has 3 aromatic rings. The van der Waals surface area contributed by atoms with E-state index in [1.54, 1.807) is 18.5 Å². The summed E-state index contributed by atoms with van der Waals surface area (Å²) < 4.78 is 1.93. The highest BCUT2D eigenvalue weighted by atomic mass is 32.2. The minimum Gasteiger partial charge on any atom is -0.325 e. The highest BCUT2D eigenvalue weighted by Gasteiger charge is 2.15. The molecule has 0 bridgehead atoms. The summed E-state index contributed by atoms with van der Waals surface area (Å²) in [6.07, 6.45) is 5.23. The van der Waals surface area contributed by atoms with Gasteiger partial charge in [0.1, 0.15) is 0 Å². The number of pyridine rings is 1. The number of nitrogens with zero attached hydrogens (tertiary/aromatic N) is 4. The lowest BCUT2D eigenvalue weighted by atomic mass is 10.2. The molecule has 0 saturated heterocycles. The quantitative estimate of drug-likeness (QED) is 0.512. The number of hydrogen-bond donors (Lipinski definition) is 1.